The maximum absolute atomic E-state index is 14.0. The molecule has 1 aliphatic heterocycles. The molecule has 31 heavy (non-hydrogen) atoms. The van der Waals surface area contributed by atoms with Crippen LogP contribution < -0.4 is 15.5 Å². The van der Waals surface area contributed by atoms with E-state index >= 15 is 0 Å². The molecule has 1 unspecified atom stereocenters. The maximum atomic E-state index is 14.0. The van der Waals surface area contributed by atoms with Crippen molar-refractivity contribution >= 4 is 34.8 Å². The molecule has 2 heterocycles. The number of halogens is 1. The first kappa shape index (κ1) is 20.2. The summed E-state index contributed by atoms with van der Waals surface area (Å²) in [5.74, 6) is -2.06. The minimum Gasteiger partial charge on any atom is -0.326 e. The van der Waals surface area contributed by atoms with E-state index in [2.05, 4.69) is 15.6 Å². The molecule has 7 nitrogen and oxygen atoms in total. The number of carbonyl (C=O) groups excluding carboxylic acids is 3. The van der Waals surface area contributed by atoms with Crippen LogP contribution in [0.2, 0.25) is 0 Å². The van der Waals surface area contributed by atoms with Gasteiger partial charge in [-0.3, -0.25) is 19.4 Å². The predicted octanol–water partition coefficient (Wildman–Crippen LogP) is 3.46. The van der Waals surface area contributed by atoms with Crippen molar-refractivity contribution in [3.05, 3.63) is 84.4 Å². The largest absolute Gasteiger partial charge is 0.326 e. The lowest BCUT2D eigenvalue weighted by Crippen LogP contribution is -2.28. The van der Waals surface area contributed by atoms with Gasteiger partial charge < -0.3 is 15.5 Å². The SMILES string of the molecule is O=C(Nc1cccc(NC(=O)C2CC(=O)N(c3ccccc3F)C2)c1)c1ccncc1. The molecule has 0 saturated carbocycles. The quantitative estimate of drug-likeness (QED) is 0.664. The van der Waals surface area contributed by atoms with Crippen molar-refractivity contribution in [2.24, 2.45) is 5.92 Å². The van der Waals surface area contributed by atoms with Crippen molar-refractivity contribution < 1.29 is 18.8 Å². The highest BCUT2D eigenvalue weighted by atomic mass is 19.1. The second-order valence-corrected chi connectivity index (χ2v) is 7.12. The number of pyridine rings is 1. The average Bonchev–Trinajstić information content (AvgIpc) is 3.16. The van der Waals surface area contributed by atoms with Gasteiger partial charge in [0.15, 0.2) is 0 Å². The van der Waals surface area contributed by atoms with Gasteiger partial charge in [0.2, 0.25) is 11.8 Å². The first-order chi connectivity index (χ1) is 15.0. The Morgan fingerprint density at radius 1 is 0.968 bits per heavy atom. The number of nitrogens with zero attached hydrogens (tertiary/aromatic N) is 2. The standard InChI is InChI=1S/C23H19FN4O3/c24-19-6-1-2-7-20(19)28-14-16(12-21(28)29)23(31)27-18-5-3-4-17(13-18)26-22(30)15-8-10-25-11-9-15/h1-11,13,16H,12,14H2,(H,26,30)(H,27,31). The van der Waals surface area contributed by atoms with Crippen LogP contribution in [-0.4, -0.2) is 29.3 Å². The van der Waals surface area contributed by atoms with Gasteiger partial charge in [-0.1, -0.05) is 18.2 Å². The van der Waals surface area contributed by atoms with Crippen molar-refractivity contribution in [3.8, 4) is 0 Å². The van der Waals surface area contributed by atoms with Gasteiger partial charge in [0.05, 0.1) is 11.6 Å². The topological polar surface area (TPSA) is 91.4 Å². The molecule has 2 aromatic carbocycles. The smallest absolute Gasteiger partial charge is 0.255 e. The normalized spacial score (nSPS) is 15.6. The number of para-hydroxylation sites is 1. The Balaban J connectivity index is 1.41. The van der Waals surface area contributed by atoms with Crippen LogP contribution in [0.5, 0.6) is 0 Å². The van der Waals surface area contributed by atoms with Crippen LogP contribution in [0.15, 0.2) is 73.1 Å². The summed E-state index contributed by atoms with van der Waals surface area (Å²) in [5.41, 5.74) is 1.62. The van der Waals surface area contributed by atoms with Crippen molar-refractivity contribution in [2.45, 2.75) is 6.42 Å². The molecular weight excluding hydrogens is 399 g/mol. The second-order valence-electron chi connectivity index (χ2n) is 7.12. The highest BCUT2D eigenvalue weighted by Crippen LogP contribution is 2.28. The van der Waals surface area contributed by atoms with Crippen LogP contribution in [0.3, 0.4) is 0 Å². The number of carbonyl (C=O) groups is 3. The third kappa shape index (κ3) is 4.58. The number of hydrogen-bond donors (Lipinski definition) is 2. The van der Waals surface area contributed by atoms with E-state index in [-0.39, 0.29) is 36.4 Å². The number of aromatic nitrogens is 1. The minimum atomic E-state index is -0.609. The molecule has 8 heteroatoms. The molecular formula is C23H19FN4O3. The summed E-state index contributed by atoms with van der Waals surface area (Å²) < 4.78 is 14.0. The van der Waals surface area contributed by atoms with Crippen molar-refractivity contribution in [1.29, 1.82) is 0 Å². The van der Waals surface area contributed by atoms with Gasteiger partial charge in [-0.15, -0.1) is 0 Å². The van der Waals surface area contributed by atoms with Crippen LogP contribution in [-0.2, 0) is 9.59 Å². The van der Waals surface area contributed by atoms with Gasteiger partial charge >= 0.3 is 0 Å². The highest BCUT2D eigenvalue weighted by molar-refractivity contribution is 6.05. The fraction of sp³-hybridized carbons (Fsp3) is 0.130. The number of anilines is 3. The Hall–Kier alpha value is -4.07. The number of amides is 3. The van der Waals surface area contributed by atoms with E-state index in [1.54, 1.807) is 48.5 Å². The highest BCUT2D eigenvalue weighted by Gasteiger charge is 2.36. The van der Waals surface area contributed by atoms with Gasteiger partial charge in [-0.2, -0.15) is 0 Å². The molecule has 0 aliphatic carbocycles. The zero-order valence-corrected chi connectivity index (χ0v) is 16.4. The van der Waals surface area contributed by atoms with Gasteiger partial charge in [-0.05, 0) is 42.5 Å². The van der Waals surface area contributed by atoms with Crippen molar-refractivity contribution in [2.75, 3.05) is 22.1 Å². The summed E-state index contributed by atoms with van der Waals surface area (Å²) in [6.07, 6.45) is 3.05. The van der Waals surface area contributed by atoms with E-state index in [1.807, 2.05) is 0 Å². The van der Waals surface area contributed by atoms with E-state index in [0.717, 1.165) is 0 Å². The van der Waals surface area contributed by atoms with E-state index in [1.165, 1.54) is 29.4 Å². The van der Waals surface area contributed by atoms with Gasteiger partial charge in [0.1, 0.15) is 5.82 Å². The van der Waals surface area contributed by atoms with E-state index in [4.69, 9.17) is 0 Å². The molecule has 0 spiro atoms. The lowest BCUT2D eigenvalue weighted by Gasteiger charge is -2.17. The van der Waals surface area contributed by atoms with Crippen LogP contribution in [0.4, 0.5) is 21.5 Å². The molecule has 0 bridgehead atoms. The molecule has 156 valence electrons. The molecule has 2 N–H and O–H groups in total. The van der Waals surface area contributed by atoms with Gasteiger partial charge in [-0.25, -0.2) is 4.39 Å². The summed E-state index contributed by atoms with van der Waals surface area (Å²) in [7, 11) is 0. The molecule has 0 radical (unpaired) electrons. The van der Waals surface area contributed by atoms with Gasteiger partial charge in [0, 0.05) is 42.3 Å². The maximum Gasteiger partial charge on any atom is 0.255 e. The molecule has 1 fully saturated rings. The lowest BCUT2D eigenvalue weighted by molar-refractivity contribution is -0.122. The molecule has 3 amide bonds. The summed E-state index contributed by atoms with van der Waals surface area (Å²) in [4.78, 5) is 42.5. The molecule has 1 aromatic heterocycles. The Labute approximate surface area is 177 Å². The Bertz CT molecular complexity index is 1140. The first-order valence-electron chi connectivity index (χ1n) is 9.68. The Morgan fingerprint density at radius 2 is 1.68 bits per heavy atom. The molecule has 4 rings (SSSR count). The number of rotatable bonds is 5. The van der Waals surface area contributed by atoms with E-state index in [0.29, 0.717) is 16.9 Å². The third-order valence-corrected chi connectivity index (χ3v) is 4.97. The Morgan fingerprint density at radius 3 is 2.42 bits per heavy atom. The second kappa shape index (κ2) is 8.74. The third-order valence-electron chi connectivity index (χ3n) is 4.97. The summed E-state index contributed by atoms with van der Waals surface area (Å²) in [6.45, 7) is 0.101. The van der Waals surface area contributed by atoms with Crippen molar-refractivity contribution in [3.63, 3.8) is 0 Å². The van der Waals surface area contributed by atoms with Crippen LogP contribution in [0, 0.1) is 11.7 Å². The van der Waals surface area contributed by atoms with E-state index < -0.39 is 11.7 Å². The number of hydrogen-bond acceptors (Lipinski definition) is 4. The number of nitrogens with one attached hydrogen (secondary N) is 2. The summed E-state index contributed by atoms with van der Waals surface area (Å²) >= 11 is 0. The summed E-state index contributed by atoms with van der Waals surface area (Å²) in [6, 6.07) is 15.9. The lowest BCUT2D eigenvalue weighted by atomic mass is 10.1. The monoisotopic (exact) mass is 418 g/mol. The fourth-order valence-corrected chi connectivity index (χ4v) is 3.41. The van der Waals surface area contributed by atoms with Crippen LogP contribution >= 0.6 is 0 Å². The van der Waals surface area contributed by atoms with E-state index in [9.17, 15) is 18.8 Å². The van der Waals surface area contributed by atoms with Crippen LogP contribution in [0.1, 0.15) is 16.8 Å². The fourth-order valence-electron chi connectivity index (χ4n) is 3.41. The Kier molecular flexibility index (Phi) is 5.70. The molecule has 1 aliphatic rings. The molecule has 1 saturated heterocycles. The predicted molar refractivity (Wildman–Crippen MR) is 114 cm³/mol. The summed E-state index contributed by atoms with van der Waals surface area (Å²) in [5, 5.41) is 5.53. The first-order valence-corrected chi connectivity index (χ1v) is 9.68. The van der Waals surface area contributed by atoms with Crippen LogP contribution in [0.25, 0.3) is 0 Å². The molecule has 3 aromatic rings. The molecule has 1 atom stereocenters. The number of benzene rings is 2. The van der Waals surface area contributed by atoms with Crippen molar-refractivity contribution in [1.82, 2.24) is 4.98 Å². The zero-order chi connectivity index (χ0) is 21.8. The minimum absolute atomic E-state index is 0.00135. The zero-order valence-electron chi connectivity index (χ0n) is 16.4. The van der Waals surface area contributed by atoms with Gasteiger partial charge in [0.25, 0.3) is 5.91 Å². The average molecular weight is 418 g/mol.